The lowest BCUT2D eigenvalue weighted by Gasteiger charge is -2.39. The van der Waals surface area contributed by atoms with E-state index in [9.17, 15) is 4.79 Å². The maximum absolute atomic E-state index is 12.5. The summed E-state index contributed by atoms with van der Waals surface area (Å²) in [5.41, 5.74) is 2.22. The van der Waals surface area contributed by atoms with E-state index in [1.165, 1.54) is 5.56 Å². The number of para-hydroxylation sites is 1. The third kappa shape index (κ3) is 3.05. The van der Waals surface area contributed by atoms with Crippen LogP contribution in [0, 0.1) is 0 Å². The predicted octanol–water partition coefficient (Wildman–Crippen LogP) is 2.95. The third-order valence-electron chi connectivity index (χ3n) is 4.81. The highest BCUT2D eigenvalue weighted by molar-refractivity contribution is 5.91. The van der Waals surface area contributed by atoms with Crippen molar-refractivity contribution >= 4 is 11.7 Å². The fourth-order valence-corrected chi connectivity index (χ4v) is 3.45. The van der Waals surface area contributed by atoms with Gasteiger partial charge in [-0.05, 0) is 44.7 Å². The molecule has 1 aromatic carbocycles. The monoisotopic (exact) mass is 287 g/mol. The molecule has 4 nitrogen and oxygen atoms in total. The van der Waals surface area contributed by atoms with Crippen molar-refractivity contribution in [3.05, 3.63) is 29.8 Å². The summed E-state index contributed by atoms with van der Waals surface area (Å²) in [6.07, 6.45) is 3.11. The first kappa shape index (κ1) is 14.4. The number of anilines is 1. The van der Waals surface area contributed by atoms with E-state index in [2.05, 4.69) is 35.0 Å². The Hall–Kier alpha value is -1.55. The van der Waals surface area contributed by atoms with Gasteiger partial charge in [-0.1, -0.05) is 18.2 Å². The van der Waals surface area contributed by atoms with Crippen LogP contribution in [-0.2, 0) is 6.42 Å². The van der Waals surface area contributed by atoms with Crippen LogP contribution in [0.3, 0.4) is 0 Å². The molecule has 0 aliphatic carbocycles. The van der Waals surface area contributed by atoms with Crippen molar-refractivity contribution in [1.29, 1.82) is 0 Å². The number of likely N-dealkylation sites (tertiary alicyclic amines) is 1. The zero-order valence-corrected chi connectivity index (χ0v) is 13.0. The van der Waals surface area contributed by atoms with E-state index in [0.717, 1.165) is 44.6 Å². The number of nitrogens with zero attached hydrogens (tertiary/aromatic N) is 2. The van der Waals surface area contributed by atoms with E-state index in [1.54, 1.807) is 0 Å². The van der Waals surface area contributed by atoms with Crippen molar-refractivity contribution in [2.45, 2.75) is 45.2 Å². The Kier molecular flexibility index (Phi) is 4.15. The predicted molar refractivity (Wildman–Crippen MR) is 85.6 cm³/mol. The molecule has 2 aliphatic rings. The minimum absolute atomic E-state index is 0.0722. The number of piperidine rings is 1. The van der Waals surface area contributed by atoms with Gasteiger partial charge in [-0.15, -0.1) is 0 Å². The summed E-state index contributed by atoms with van der Waals surface area (Å²) < 4.78 is 0. The number of benzene rings is 1. The molecule has 1 saturated heterocycles. The molecule has 0 saturated carbocycles. The van der Waals surface area contributed by atoms with Crippen molar-refractivity contribution < 1.29 is 4.79 Å². The Balaban J connectivity index is 1.67. The number of hydrogen-bond donors (Lipinski definition) is 1. The lowest BCUT2D eigenvalue weighted by molar-refractivity contribution is 0.111. The van der Waals surface area contributed by atoms with Crippen molar-refractivity contribution in [3.8, 4) is 0 Å². The Labute approximate surface area is 127 Å². The maximum Gasteiger partial charge on any atom is 0.322 e. The molecule has 0 unspecified atom stereocenters. The largest absolute Gasteiger partial charge is 0.322 e. The van der Waals surface area contributed by atoms with Crippen molar-refractivity contribution in [2.75, 3.05) is 25.0 Å². The zero-order chi connectivity index (χ0) is 14.8. The van der Waals surface area contributed by atoms with Gasteiger partial charge in [0.15, 0.2) is 0 Å². The molecular weight excluding hydrogens is 262 g/mol. The van der Waals surface area contributed by atoms with E-state index in [-0.39, 0.29) is 6.03 Å². The van der Waals surface area contributed by atoms with Crippen LogP contribution in [0.15, 0.2) is 24.3 Å². The second-order valence-electron chi connectivity index (χ2n) is 6.39. The SMILES string of the molecule is CC(C)N1CCC(N2CCc3ccccc3NC2=O)CC1. The smallest absolute Gasteiger partial charge is 0.321 e. The van der Waals surface area contributed by atoms with E-state index in [1.807, 2.05) is 18.2 Å². The van der Waals surface area contributed by atoms with Gasteiger partial charge in [-0.3, -0.25) is 0 Å². The van der Waals surface area contributed by atoms with Crippen molar-refractivity contribution in [2.24, 2.45) is 0 Å². The minimum atomic E-state index is 0.0722. The molecule has 2 heterocycles. The highest BCUT2D eigenvalue weighted by Gasteiger charge is 2.30. The van der Waals surface area contributed by atoms with E-state index in [4.69, 9.17) is 0 Å². The molecule has 4 heteroatoms. The number of carbonyl (C=O) groups excluding carboxylic acids is 1. The lowest BCUT2D eigenvalue weighted by Crippen LogP contribution is -2.50. The molecule has 2 aliphatic heterocycles. The van der Waals surface area contributed by atoms with E-state index >= 15 is 0 Å². The van der Waals surface area contributed by atoms with E-state index in [0.29, 0.717) is 12.1 Å². The first-order chi connectivity index (χ1) is 10.1. The van der Waals surface area contributed by atoms with Crippen LogP contribution in [0.4, 0.5) is 10.5 Å². The molecule has 0 aromatic heterocycles. The molecule has 114 valence electrons. The van der Waals surface area contributed by atoms with Crippen LogP contribution in [0.2, 0.25) is 0 Å². The minimum Gasteiger partial charge on any atom is -0.321 e. The Morgan fingerprint density at radius 1 is 1.14 bits per heavy atom. The number of fused-ring (bicyclic) bond motifs is 1. The molecule has 0 bridgehead atoms. The van der Waals surface area contributed by atoms with Gasteiger partial charge in [0.25, 0.3) is 0 Å². The molecule has 0 atom stereocenters. The summed E-state index contributed by atoms with van der Waals surface area (Å²) in [6, 6.07) is 9.20. The molecule has 3 rings (SSSR count). The highest BCUT2D eigenvalue weighted by atomic mass is 16.2. The van der Waals surface area contributed by atoms with Crippen LogP contribution < -0.4 is 5.32 Å². The molecule has 1 aromatic rings. The topological polar surface area (TPSA) is 35.6 Å². The molecule has 0 radical (unpaired) electrons. The fourth-order valence-electron chi connectivity index (χ4n) is 3.45. The second kappa shape index (κ2) is 6.06. The first-order valence-corrected chi connectivity index (χ1v) is 8.04. The molecular formula is C17H25N3O. The average Bonchev–Trinajstić information content (AvgIpc) is 2.65. The number of carbonyl (C=O) groups is 1. The quantitative estimate of drug-likeness (QED) is 0.907. The maximum atomic E-state index is 12.5. The van der Waals surface area contributed by atoms with Crippen molar-refractivity contribution in [3.63, 3.8) is 0 Å². The van der Waals surface area contributed by atoms with Gasteiger partial charge in [0, 0.05) is 37.4 Å². The standard InChI is InChI=1S/C17H25N3O/c1-13(2)19-10-8-15(9-11-19)20-12-7-14-5-3-4-6-16(14)18-17(20)21/h3-6,13,15H,7-12H2,1-2H3,(H,18,21). The summed E-state index contributed by atoms with van der Waals surface area (Å²) in [6.45, 7) is 7.51. The van der Waals surface area contributed by atoms with Gasteiger partial charge in [0.1, 0.15) is 0 Å². The third-order valence-corrected chi connectivity index (χ3v) is 4.81. The summed E-state index contributed by atoms with van der Waals surface area (Å²) in [5.74, 6) is 0. The van der Waals surface area contributed by atoms with Crippen molar-refractivity contribution in [1.82, 2.24) is 9.80 Å². The van der Waals surface area contributed by atoms with Gasteiger partial charge in [0.2, 0.25) is 0 Å². The summed E-state index contributed by atoms with van der Waals surface area (Å²) in [4.78, 5) is 17.0. The number of urea groups is 1. The first-order valence-electron chi connectivity index (χ1n) is 8.04. The lowest BCUT2D eigenvalue weighted by atomic mass is 10.0. The van der Waals surface area contributed by atoms with Crippen LogP contribution >= 0.6 is 0 Å². The second-order valence-corrected chi connectivity index (χ2v) is 6.39. The number of nitrogens with one attached hydrogen (secondary N) is 1. The number of hydrogen-bond acceptors (Lipinski definition) is 2. The van der Waals surface area contributed by atoms with Gasteiger partial charge in [-0.2, -0.15) is 0 Å². The normalized spacial score (nSPS) is 21.1. The molecule has 1 fully saturated rings. The van der Waals surface area contributed by atoms with Crippen LogP contribution in [0.5, 0.6) is 0 Å². The molecule has 1 N–H and O–H groups in total. The van der Waals surface area contributed by atoms with Gasteiger partial charge in [0.05, 0.1) is 0 Å². The zero-order valence-electron chi connectivity index (χ0n) is 13.0. The Morgan fingerprint density at radius 2 is 1.86 bits per heavy atom. The molecule has 21 heavy (non-hydrogen) atoms. The van der Waals surface area contributed by atoms with Gasteiger partial charge < -0.3 is 15.1 Å². The number of rotatable bonds is 2. The highest BCUT2D eigenvalue weighted by Crippen LogP contribution is 2.24. The van der Waals surface area contributed by atoms with Crippen LogP contribution in [-0.4, -0.2) is 47.5 Å². The van der Waals surface area contributed by atoms with Gasteiger partial charge in [-0.25, -0.2) is 4.79 Å². The summed E-state index contributed by atoms with van der Waals surface area (Å²) in [5, 5.41) is 3.08. The van der Waals surface area contributed by atoms with Crippen LogP contribution in [0.1, 0.15) is 32.3 Å². The molecule has 2 amide bonds. The van der Waals surface area contributed by atoms with Crippen LogP contribution in [0.25, 0.3) is 0 Å². The Morgan fingerprint density at radius 3 is 2.57 bits per heavy atom. The number of amides is 2. The Bertz CT molecular complexity index is 507. The average molecular weight is 287 g/mol. The molecule has 0 spiro atoms. The summed E-state index contributed by atoms with van der Waals surface area (Å²) >= 11 is 0. The fraction of sp³-hybridized carbons (Fsp3) is 0.588. The van der Waals surface area contributed by atoms with Gasteiger partial charge >= 0.3 is 6.03 Å². The van der Waals surface area contributed by atoms with E-state index < -0.39 is 0 Å². The summed E-state index contributed by atoms with van der Waals surface area (Å²) in [7, 11) is 0.